The minimum atomic E-state index is 0.0469. The van der Waals surface area contributed by atoms with Crippen molar-refractivity contribution in [3.63, 3.8) is 0 Å². The molecule has 1 atom stereocenters. The van der Waals surface area contributed by atoms with Gasteiger partial charge in [0.15, 0.2) is 0 Å². The highest BCUT2D eigenvalue weighted by Gasteiger charge is 2.27. The van der Waals surface area contributed by atoms with Gasteiger partial charge in [-0.25, -0.2) is 9.97 Å². The fourth-order valence-corrected chi connectivity index (χ4v) is 3.91. The summed E-state index contributed by atoms with van der Waals surface area (Å²) in [5.41, 5.74) is 1.96. The number of carbonyl (C=O) groups is 1. The average molecular weight is 381 g/mol. The van der Waals surface area contributed by atoms with Gasteiger partial charge in [0, 0.05) is 43.8 Å². The molecule has 0 spiro atoms. The van der Waals surface area contributed by atoms with Gasteiger partial charge in [0.25, 0.3) is 0 Å². The standard InChI is InChI=1S/C21H27N5O2/c1-15-24-19(17-7-11-28-14-17)12-20(25-15)26-9-5-16(6-10-26)21(27)23-13-18-4-2-3-8-22-18/h2-4,8,12,16-17H,5-7,9-11,13-14H2,1H3,(H,23,27)/t17-/m1/s1. The molecule has 148 valence electrons. The maximum absolute atomic E-state index is 12.5. The van der Waals surface area contributed by atoms with Crippen molar-refractivity contribution in [1.29, 1.82) is 0 Å². The number of hydrogen-bond acceptors (Lipinski definition) is 6. The van der Waals surface area contributed by atoms with Crippen molar-refractivity contribution in [3.8, 4) is 0 Å². The van der Waals surface area contributed by atoms with Crippen molar-refractivity contribution >= 4 is 11.7 Å². The van der Waals surface area contributed by atoms with E-state index in [0.29, 0.717) is 12.5 Å². The van der Waals surface area contributed by atoms with Gasteiger partial charge in [0.05, 0.1) is 24.5 Å². The first-order chi connectivity index (χ1) is 13.7. The molecule has 7 heteroatoms. The summed E-state index contributed by atoms with van der Waals surface area (Å²) in [5, 5.41) is 3.02. The topological polar surface area (TPSA) is 80.2 Å². The molecule has 0 aliphatic carbocycles. The number of amides is 1. The molecule has 7 nitrogen and oxygen atoms in total. The highest BCUT2D eigenvalue weighted by atomic mass is 16.5. The van der Waals surface area contributed by atoms with Crippen LogP contribution in [0.15, 0.2) is 30.5 Å². The van der Waals surface area contributed by atoms with Crippen molar-refractivity contribution in [2.45, 2.75) is 38.6 Å². The fraction of sp³-hybridized carbons (Fsp3) is 0.524. The molecule has 2 saturated heterocycles. The van der Waals surface area contributed by atoms with E-state index < -0.39 is 0 Å². The van der Waals surface area contributed by atoms with Crippen molar-refractivity contribution in [1.82, 2.24) is 20.3 Å². The Morgan fingerprint density at radius 2 is 2.11 bits per heavy atom. The van der Waals surface area contributed by atoms with E-state index in [2.05, 4.69) is 31.2 Å². The summed E-state index contributed by atoms with van der Waals surface area (Å²) < 4.78 is 5.51. The summed E-state index contributed by atoms with van der Waals surface area (Å²) in [5.74, 6) is 2.31. The van der Waals surface area contributed by atoms with Crippen molar-refractivity contribution < 1.29 is 9.53 Å². The predicted octanol–water partition coefficient (Wildman–Crippen LogP) is 2.22. The Morgan fingerprint density at radius 3 is 2.82 bits per heavy atom. The van der Waals surface area contributed by atoms with Gasteiger partial charge in [-0.05, 0) is 38.3 Å². The van der Waals surface area contributed by atoms with E-state index in [1.54, 1.807) is 6.20 Å². The van der Waals surface area contributed by atoms with E-state index in [9.17, 15) is 4.79 Å². The lowest BCUT2D eigenvalue weighted by Crippen LogP contribution is -2.40. The summed E-state index contributed by atoms with van der Waals surface area (Å²) in [6.45, 7) is 5.65. The molecule has 2 aromatic heterocycles. The van der Waals surface area contributed by atoms with Gasteiger partial charge >= 0.3 is 0 Å². The molecule has 0 saturated carbocycles. The Bertz CT molecular complexity index is 800. The van der Waals surface area contributed by atoms with Crippen LogP contribution in [-0.2, 0) is 16.1 Å². The third kappa shape index (κ3) is 4.47. The maximum Gasteiger partial charge on any atom is 0.223 e. The lowest BCUT2D eigenvalue weighted by Gasteiger charge is -2.32. The Morgan fingerprint density at radius 1 is 1.25 bits per heavy atom. The third-order valence-electron chi connectivity index (χ3n) is 5.55. The van der Waals surface area contributed by atoms with Gasteiger partial charge in [-0.2, -0.15) is 0 Å². The summed E-state index contributed by atoms with van der Waals surface area (Å²) in [4.78, 5) is 28.3. The van der Waals surface area contributed by atoms with Crippen LogP contribution >= 0.6 is 0 Å². The number of hydrogen-bond donors (Lipinski definition) is 1. The highest BCUT2D eigenvalue weighted by Crippen LogP contribution is 2.28. The number of nitrogens with zero attached hydrogens (tertiary/aromatic N) is 4. The van der Waals surface area contributed by atoms with Crippen LogP contribution < -0.4 is 10.2 Å². The number of ether oxygens (including phenoxy) is 1. The van der Waals surface area contributed by atoms with Gasteiger partial charge in [0.2, 0.25) is 5.91 Å². The molecule has 1 amide bonds. The van der Waals surface area contributed by atoms with Crippen LogP contribution in [0.1, 0.15) is 42.4 Å². The Balaban J connectivity index is 1.33. The number of nitrogens with one attached hydrogen (secondary N) is 1. The van der Waals surface area contributed by atoms with Crippen LogP contribution in [0.5, 0.6) is 0 Å². The molecule has 0 radical (unpaired) electrons. The number of carbonyl (C=O) groups excluding carboxylic acids is 1. The zero-order valence-corrected chi connectivity index (χ0v) is 16.3. The van der Waals surface area contributed by atoms with Crippen LogP contribution in [-0.4, -0.2) is 47.2 Å². The molecule has 4 heterocycles. The Hall–Kier alpha value is -2.54. The molecule has 28 heavy (non-hydrogen) atoms. The Labute approximate surface area is 165 Å². The van der Waals surface area contributed by atoms with Gasteiger partial charge in [-0.3, -0.25) is 9.78 Å². The number of piperidine rings is 1. The lowest BCUT2D eigenvalue weighted by atomic mass is 9.95. The van der Waals surface area contributed by atoms with Gasteiger partial charge in [0.1, 0.15) is 11.6 Å². The van der Waals surface area contributed by atoms with E-state index in [-0.39, 0.29) is 11.8 Å². The number of anilines is 1. The quantitative estimate of drug-likeness (QED) is 0.855. The first-order valence-electron chi connectivity index (χ1n) is 10.0. The van der Waals surface area contributed by atoms with Gasteiger partial charge < -0.3 is 15.0 Å². The highest BCUT2D eigenvalue weighted by molar-refractivity contribution is 5.78. The first-order valence-corrected chi connectivity index (χ1v) is 10.0. The second kappa shape index (κ2) is 8.65. The molecular weight excluding hydrogens is 354 g/mol. The molecule has 0 aromatic carbocycles. The molecule has 4 rings (SSSR count). The van der Waals surface area contributed by atoms with Gasteiger partial charge in [-0.1, -0.05) is 6.07 Å². The van der Waals surface area contributed by atoms with E-state index >= 15 is 0 Å². The first kappa shape index (κ1) is 18.8. The number of rotatable bonds is 5. The summed E-state index contributed by atoms with van der Waals surface area (Å²) in [6, 6.07) is 7.84. The van der Waals surface area contributed by atoms with Crippen LogP contribution in [0.2, 0.25) is 0 Å². The summed E-state index contributed by atoms with van der Waals surface area (Å²) in [7, 11) is 0. The number of aryl methyl sites for hydroxylation is 1. The van der Waals surface area contributed by atoms with Crippen molar-refractivity contribution in [3.05, 3.63) is 47.7 Å². The largest absolute Gasteiger partial charge is 0.381 e. The molecule has 2 fully saturated rings. The lowest BCUT2D eigenvalue weighted by molar-refractivity contribution is -0.125. The molecular formula is C21H27N5O2. The monoisotopic (exact) mass is 381 g/mol. The van der Waals surface area contributed by atoms with Crippen LogP contribution in [0.25, 0.3) is 0 Å². The van der Waals surface area contributed by atoms with Crippen LogP contribution in [0, 0.1) is 12.8 Å². The second-order valence-corrected chi connectivity index (χ2v) is 7.56. The Kier molecular flexibility index (Phi) is 5.81. The molecule has 0 unspecified atom stereocenters. The zero-order chi connectivity index (χ0) is 19.3. The third-order valence-corrected chi connectivity index (χ3v) is 5.55. The summed E-state index contributed by atoms with van der Waals surface area (Å²) in [6.07, 6.45) is 4.43. The normalized spacial score (nSPS) is 20.3. The predicted molar refractivity (Wildman–Crippen MR) is 106 cm³/mol. The second-order valence-electron chi connectivity index (χ2n) is 7.56. The molecule has 2 aliphatic heterocycles. The molecule has 2 aromatic rings. The minimum Gasteiger partial charge on any atom is -0.381 e. The van der Waals surface area contributed by atoms with E-state index in [1.165, 1.54) is 0 Å². The van der Waals surface area contributed by atoms with Gasteiger partial charge in [-0.15, -0.1) is 0 Å². The zero-order valence-electron chi connectivity index (χ0n) is 16.3. The average Bonchev–Trinajstić information content (AvgIpc) is 3.27. The SMILES string of the molecule is Cc1nc([C@@H]2CCOC2)cc(N2CCC(C(=O)NCc3ccccn3)CC2)n1. The molecule has 1 N–H and O–H groups in total. The van der Waals surface area contributed by atoms with Crippen LogP contribution in [0.3, 0.4) is 0 Å². The molecule has 2 aliphatic rings. The maximum atomic E-state index is 12.5. The van der Waals surface area contributed by atoms with E-state index in [1.807, 2.05) is 25.1 Å². The smallest absolute Gasteiger partial charge is 0.223 e. The summed E-state index contributed by atoms with van der Waals surface area (Å²) >= 11 is 0. The van der Waals surface area contributed by atoms with E-state index in [0.717, 1.165) is 68.6 Å². The van der Waals surface area contributed by atoms with E-state index in [4.69, 9.17) is 4.74 Å². The number of pyridine rings is 1. The minimum absolute atomic E-state index is 0.0469. The number of aromatic nitrogens is 3. The fourth-order valence-electron chi connectivity index (χ4n) is 3.91. The van der Waals surface area contributed by atoms with Crippen molar-refractivity contribution in [2.24, 2.45) is 5.92 Å². The molecule has 0 bridgehead atoms. The van der Waals surface area contributed by atoms with Crippen LogP contribution in [0.4, 0.5) is 5.82 Å². The van der Waals surface area contributed by atoms with Crippen molar-refractivity contribution in [2.75, 3.05) is 31.2 Å².